The van der Waals surface area contributed by atoms with Crippen LogP contribution in [0.25, 0.3) is 0 Å². The van der Waals surface area contributed by atoms with Crippen LogP contribution in [0.4, 0.5) is 18.9 Å². The smallest absolute Gasteiger partial charge is 0.147 e. The van der Waals surface area contributed by atoms with Crippen molar-refractivity contribution in [2.75, 3.05) is 5.32 Å². The maximum atomic E-state index is 13.5. The van der Waals surface area contributed by atoms with Gasteiger partial charge < -0.3 is 5.32 Å². The molecular weight excluding hydrogens is 307 g/mol. The van der Waals surface area contributed by atoms with Gasteiger partial charge in [0.15, 0.2) is 0 Å². The quantitative estimate of drug-likeness (QED) is 0.880. The van der Waals surface area contributed by atoms with Gasteiger partial charge in [0.05, 0.1) is 5.69 Å². The van der Waals surface area contributed by atoms with E-state index in [1.54, 1.807) is 12.1 Å². The molecule has 0 radical (unpaired) electrons. The van der Waals surface area contributed by atoms with Gasteiger partial charge in [-0.05, 0) is 45.8 Å². The summed E-state index contributed by atoms with van der Waals surface area (Å²) in [7, 11) is 0. The van der Waals surface area contributed by atoms with Gasteiger partial charge in [0.25, 0.3) is 0 Å². The fraction of sp³-hybridized carbons (Fsp3) is 0.0769. The Balaban J connectivity index is 2.16. The van der Waals surface area contributed by atoms with E-state index in [4.69, 9.17) is 0 Å². The van der Waals surface area contributed by atoms with Gasteiger partial charge in [-0.1, -0.05) is 6.07 Å². The monoisotopic (exact) mass is 315 g/mol. The van der Waals surface area contributed by atoms with Gasteiger partial charge in [0.1, 0.15) is 17.5 Å². The van der Waals surface area contributed by atoms with Crippen LogP contribution in [-0.4, -0.2) is 0 Å². The van der Waals surface area contributed by atoms with E-state index in [9.17, 15) is 13.2 Å². The predicted molar refractivity (Wildman–Crippen MR) is 67.8 cm³/mol. The molecule has 0 aliphatic heterocycles. The number of benzene rings is 2. The Hall–Kier alpha value is -1.49. The molecule has 5 heteroatoms. The molecule has 0 aliphatic rings. The van der Waals surface area contributed by atoms with E-state index in [2.05, 4.69) is 21.2 Å². The second kappa shape index (κ2) is 5.44. The van der Waals surface area contributed by atoms with E-state index in [0.29, 0.717) is 10.0 Å². The third-order valence-corrected chi connectivity index (χ3v) is 3.02. The highest BCUT2D eigenvalue weighted by molar-refractivity contribution is 9.10. The highest BCUT2D eigenvalue weighted by Crippen LogP contribution is 2.25. The van der Waals surface area contributed by atoms with Crippen molar-refractivity contribution in [2.45, 2.75) is 6.54 Å². The van der Waals surface area contributed by atoms with Crippen LogP contribution in [0.2, 0.25) is 0 Å². The SMILES string of the molecule is Fc1cc(F)cc(CNc2c(F)cccc2Br)c1. The molecule has 0 bridgehead atoms. The van der Waals surface area contributed by atoms with Crippen LogP contribution >= 0.6 is 15.9 Å². The van der Waals surface area contributed by atoms with E-state index in [1.165, 1.54) is 18.2 Å². The minimum absolute atomic E-state index is 0.133. The predicted octanol–water partition coefficient (Wildman–Crippen LogP) is 4.48. The van der Waals surface area contributed by atoms with Crippen LogP contribution in [0.1, 0.15) is 5.56 Å². The summed E-state index contributed by atoms with van der Waals surface area (Å²) in [5.41, 5.74) is 0.671. The Labute approximate surface area is 111 Å². The van der Waals surface area contributed by atoms with Crippen molar-refractivity contribution in [3.05, 3.63) is 63.9 Å². The molecule has 0 heterocycles. The van der Waals surface area contributed by atoms with Gasteiger partial charge in [-0.3, -0.25) is 0 Å². The van der Waals surface area contributed by atoms with Gasteiger partial charge in [-0.2, -0.15) is 0 Å². The minimum atomic E-state index is -0.653. The van der Waals surface area contributed by atoms with Gasteiger partial charge in [0.2, 0.25) is 0 Å². The van der Waals surface area contributed by atoms with Gasteiger partial charge in [-0.25, -0.2) is 13.2 Å². The summed E-state index contributed by atoms with van der Waals surface area (Å²) in [6.07, 6.45) is 0. The van der Waals surface area contributed by atoms with Crippen molar-refractivity contribution in [3.63, 3.8) is 0 Å². The molecule has 18 heavy (non-hydrogen) atoms. The Morgan fingerprint density at radius 2 is 1.67 bits per heavy atom. The summed E-state index contributed by atoms with van der Waals surface area (Å²) >= 11 is 3.20. The molecule has 2 aromatic carbocycles. The topological polar surface area (TPSA) is 12.0 Å². The summed E-state index contributed by atoms with van der Waals surface area (Å²) in [6, 6.07) is 7.74. The average molecular weight is 316 g/mol. The molecule has 0 unspecified atom stereocenters. The molecule has 0 amide bonds. The summed E-state index contributed by atoms with van der Waals surface area (Å²) in [4.78, 5) is 0. The van der Waals surface area contributed by atoms with E-state index < -0.39 is 17.5 Å². The van der Waals surface area contributed by atoms with Crippen LogP contribution in [0, 0.1) is 17.5 Å². The zero-order chi connectivity index (χ0) is 13.1. The van der Waals surface area contributed by atoms with E-state index >= 15 is 0 Å². The Morgan fingerprint density at radius 1 is 1.00 bits per heavy atom. The molecule has 0 aromatic heterocycles. The number of hydrogen-bond donors (Lipinski definition) is 1. The second-order valence-electron chi connectivity index (χ2n) is 3.73. The van der Waals surface area contributed by atoms with E-state index in [0.717, 1.165) is 6.07 Å². The highest BCUT2D eigenvalue weighted by Gasteiger charge is 2.06. The zero-order valence-corrected chi connectivity index (χ0v) is 10.8. The molecule has 0 saturated carbocycles. The molecule has 1 nitrogen and oxygen atoms in total. The van der Waals surface area contributed by atoms with E-state index in [1.807, 2.05) is 0 Å². The minimum Gasteiger partial charge on any atom is -0.378 e. The molecule has 2 aromatic rings. The Kier molecular flexibility index (Phi) is 3.91. The summed E-state index contributed by atoms with van der Waals surface area (Å²) < 4.78 is 39.9. The molecule has 0 spiro atoms. The number of nitrogens with one attached hydrogen (secondary N) is 1. The van der Waals surface area contributed by atoms with Crippen molar-refractivity contribution in [3.8, 4) is 0 Å². The lowest BCUT2D eigenvalue weighted by Crippen LogP contribution is -2.03. The van der Waals surface area contributed by atoms with Crippen molar-refractivity contribution in [1.82, 2.24) is 0 Å². The molecule has 0 atom stereocenters. The molecule has 1 N–H and O–H groups in total. The van der Waals surface area contributed by atoms with Crippen molar-refractivity contribution in [1.29, 1.82) is 0 Å². The average Bonchev–Trinajstić information content (AvgIpc) is 2.27. The first-order valence-corrected chi connectivity index (χ1v) is 5.98. The highest BCUT2D eigenvalue weighted by atomic mass is 79.9. The maximum absolute atomic E-state index is 13.5. The molecule has 2 rings (SSSR count). The van der Waals surface area contributed by atoms with Crippen LogP contribution in [0.3, 0.4) is 0 Å². The molecule has 0 aliphatic carbocycles. The standard InChI is InChI=1S/C13H9BrF3N/c14-11-2-1-3-12(17)13(11)18-7-8-4-9(15)6-10(16)5-8/h1-6,18H,7H2. The van der Waals surface area contributed by atoms with E-state index in [-0.39, 0.29) is 12.2 Å². The maximum Gasteiger partial charge on any atom is 0.147 e. The van der Waals surface area contributed by atoms with Crippen molar-refractivity contribution >= 4 is 21.6 Å². The number of para-hydroxylation sites is 1. The fourth-order valence-corrected chi connectivity index (χ4v) is 2.05. The van der Waals surface area contributed by atoms with Crippen LogP contribution in [0.15, 0.2) is 40.9 Å². The van der Waals surface area contributed by atoms with Crippen LogP contribution < -0.4 is 5.32 Å². The zero-order valence-electron chi connectivity index (χ0n) is 9.18. The number of hydrogen-bond acceptors (Lipinski definition) is 1. The first-order valence-electron chi connectivity index (χ1n) is 5.19. The van der Waals surface area contributed by atoms with Crippen LogP contribution in [0.5, 0.6) is 0 Å². The summed E-state index contributed by atoms with van der Waals surface area (Å²) in [6.45, 7) is 0.133. The Morgan fingerprint density at radius 3 is 2.28 bits per heavy atom. The summed E-state index contributed by atoms with van der Waals surface area (Å²) in [5.74, 6) is -1.74. The lowest BCUT2D eigenvalue weighted by atomic mass is 10.2. The first-order chi connectivity index (χ1) is 8.56. The molecular formula is C13H9BrF3N. The van der Waals surface area contributed by atoms with Crippen LogP contribution in [-0.2, 0) is 6.54 Å². The molecule has 94 valence electrons. The number of halogens is 4. The first kappa shape index (κ1) is 13.0. The second-order valence-corrected chi connectivity index (χ2v) is 4.58. The van der Waals surface area contributed by atoms with Crippen molar-refractivity contribution in [2.24, 2.45) is 0 Å². The van der Waals surface area contributed by atoms with Gasteiger partial charge in [-0.15, -0.1) is 0 Å². The molecule has 0 saturated heterocycles. The Bertz CT molecular complexity index is 532. The lowest BCUT2D eigenvalue weighted by Gasteiger charge is -2.09. The van der Waals surface area contributed by atoms with Crippen molar-refractivity contribution < 1.29 is 13.2 Å². The summed E-state index contributed by atoms with van der Waals surface area (Å²) in [5, 5.41) is 2.80. The fourth-order valence-electron chi connectivity index (χ4n) is 1.57. The largest absolute Gasteiger partial charge is 0.378 e. The van der Waals surface area contributed by atoms with Gasteiger partial charge >= 0.3 is 0 Å². The molecule has 0 fully saturated rings. The third kappa shape index (κ3) is 3.04. The normalized spacial score (nSPS) is 10.4. The van der Waals surface area contributed by atoms with Gasteiger partial charge in [0, 0.05) is 17.1 Å². The number of anilines is 1. The third-order valence-electron chi connectivity index (χ3n) is 2.35. The number of rotatable bonds is 3. The lowest BCUT2D eigenvalue weighted by molar-refractivity contribution is 0.580.